The Morgan fingerprint density at radius 3 is 1.99 bits per heavy atom. The lowest BCUT2D eigenvalue weighted by atomic mass is 9.92. The Morgan fingerprint density at radius 1 is 0.699 bits per heavy atom. The summed E-state index contributed by atoms with van der Waals surface area (Å²) in [6.45, 7) is 6.07. The molecule has 0 aromatic heterocycles. The van der Waals surface area contributed by atoms with Gasteiger partial charge in [0.15, 0.2) is 0 Å². The quantitative estimate of drug-likeness (QED) is 0.0261. The first-order valence-electron chi connectivity index (χ1n) is 24.0. The average Bonchev–Trinajstić information content (AvgIpc) is 3.68. The molecule has 0 bridgehead atoms. The van der Waals surface area contributed by atoms with Crippen molar-refractivity contribution in [2.45, 2.75) is 90.6 Å². The van der Waals surface area contributed by atoms with Crippen LogP contribution in [0.15, 0.2) is 91.0 Å². The van der Waals surface area contributed by atoms with Crippen molar-refractivity contribution in [3.8, 4) is 0 Å². The van der Waals surface area contributed by atoms with Crippen molar-refractivity contribution in [1.82, 2.24) is 36.4 Å². The van der Waals surface area contributed by atoms with Gasteiger partial charge < -0.3 is 46.6 Å². The summed E-state index contributed by atoms with van der Waals surface area (Å²) in [6, 6.07) is 20.7. The lowest BCUT2D eigenvalue weighted by molar-refractivity contribution is -0.139. The van der Waals surface area contributed by atoms with Gasteiger partial charge in [0.1, 0.15) is 24.7 Å². The number of ether oxygens (including phenoxy) is 1. The van der Waals surface area contributed by atoms with Gasteiger partial charge in [0, 0.05) is 63.4 Å². The summed E-state index contributed by atoms with van der Waals surface area (Å²) >= 11 is 0. The molecule has 0 saturated carbocycles. The van der Waals surface area contributed by atoms with E-state index in [1.165, 1.54) is 57.3 Å². The van der Waals surface area contributed by atoms with Gasteiger partial charge in [-0.25, -0.2) is 4.79 Å². The fourth-order valence-electron chi connectivity index (χ4n) is 8.40. The minimum absolute atomic E-state index is 0.161. The van der Waals surface area contributed by atoms with Gasteiger partial charge >= 0.3 is 12.1 Å². The number of hydrogen-bond acceptors (Lipinski definition) is 11. The van der Waals surface area contributed by atoms with Gasteiger partial charge in [-0.15, -0.1) is 0 Å². The van der Waals surface area contributed by atoms with Crippen LogP contribution >= 0.6 is 0 Å². The fourth-order valence-corrected chi connectivity index (χ4v) is 8.40. The minimum Gasteiger partial charge on any atom is -0.481 e. The van der Waals surface area contributed by atoms with Gasteiger partial charge in [-0.2, -0.15) is 0 Å². The second kappa shape index (κ2) is 24.6. The molecule has 5 aromatic carbocycles. The Labute approximate surface area is 420 Å². The van der Waals surface area contributed by atoms with Crippen LogP contribution in [0.2, 0.25) is 0 Å². The van der Waals surface area contributed by atoms with Crippen molar-refractivity contribution < 1.29 is 57.8 Å². The molecule has 5 aromatic rings. The largest absolute Gasteiger partial charge is 0.481 e. The molecule has 6 rings (SSSR count). The second-order valence-electron chi connectivity index (χ2n) is 18.2. The third-order valence-electron chi connectivity index (χ3n) is 12.3. The smallest absolute Gasteiger partial charge is 0.411 e. The second-order valence-corrected chi connectivity index (χ2v) is 18.2. The van der Waals surface area contributed by atoms with E-state index in [1.54, 1.807) is 13.8 Å². The molecule has 1 unspecified atom stereocenters. The molecule has 7 N–H and O–H groups in total. The third-order valence-corrected chi connectivity index (χ3v) is 12.3. The first kappa shape index (κ1) is 53.9. The molecular weight excluding hydrogens is 941 g/mol. The summed E-state index contributed by atoms with van der Waals surface area (Å²) in [5, 5.41) is 31.5. The molecule has 1 aliphatic heterocycles. The van der Waals surface area contributed by atoms with Crippen LogP contribution in [0.25, 0.3) is 32.3 Å². The highest BCUT2D eigenvalue weighted by Gasteiger charge is 2.31. The summed E-state index contributed by atoms with van der Waals surface area (Å²) in [6.07, 6.45) is 0.830. The molecule has 73 heavy (non-hydrogen) atoms. The van der Waals surface area contributed by atoms with E-state index in [9.17, 15) is 47.9 Å². The van der Waals surface area contributed by atoms with Gasteiger partial charge in [0.05, 0.1) is 0 Å². The normalized spacial score (nSPS) is 13.9. The molecule has 384 valence electrons. The van der Waals surface area contributed by atoms with Crippen LogP contribution < -0.4 is 31.9 Å². The van der Waals surface area contributed by atoms with Gasteiger partial charge in [0.2, 0.25) is 35.6 Å². The molecule has 0 aliphatic carbocycles. The Balaban J connectivity index is 1.07. The Morgan fingerprint density at radius 2 is 1.34 bits per heavy atom. The van der Waals surface area contributed by atoms with E-state index in [0.717, 1.165) is 47.7 Å². The van der Waals surface area contributed by atoms with Crippen LogP contribution in [0.4, 0.5) is 10.5 Å². The van der Waals surface area contributed by atoms with Gasteiger partial charge in [0.25, 0.3) is 17.7 Å². The number of likely N-dealkylation sites (N-methyl/N-ethyl adjacent to an activating group) is 1. The van der Waals surface area contributed by atoms with Crippen molar-refractivity contribution in [3.63, 3.8) is 0 Å². The molecule has 9 amide bonds. The molecule has 1 aliphatic rings. The van der Waals surface area contributed by atoms with Crippen molar-refractivity contribution in [2.24, 2.45) is 5.92 Å². The number of benzene rings is 5. The maximum atomic E-state index is 13.7. The lowest BCUT2D eigenvalue weighted by Gasteiger charge is -2.26. The van der Waals surface area contributed by atoms with E-state index >= 15 is 0 Å². The van der Waals surface area contributed by atoms with E-state index < -0.39 is 90.6 Å². The van der Waals surface area contributed by atoms with Crippen LogP contribution in [0.5, 0.6) is 0 Å². The number of carbonyl (C=O) groups is 10. The maximum Gasteiger partial charge on any atom is 0.411 e. The van der Waals surface area contributed by atoms with E-state index in [4.69, 9.17) is 9.84 Å². The van der Waals surface area contributed by atoms with E-state index in [0.29, 0.717) is 19.3 Å². The number of nitrogens with zero attached hydrogens (tertiary/aromatic N) is 2. The number of rotatable bonds is 24. The molecule has 1 heterocycles. The monoisotopic (exact) mass is 1000 g/mol. The van der Waals surface area contributed by atoms with Crippen LogP contribution in [0.3, 0.4) is 0 Å². The molecule has 20 nitrogen and oxygen atoms in total. The average molecular weight is 1000 g/mol. The van der Waals surface area contributed by atoms with Gasteiger partial charge in [-0.1, -0.05) is 80.6 Å². The molecule has 4 atom stereocenters. The molecule has 0 fully saturated rings. The molecule has 20 heteroatoms. The number of aliphatic carboxylic acids is 1. The Kier molecular flexibility index (Phi) is 18.2. The topological polar surface area (TPSA) is 279 Å². The number of hydrogen-bond donors (Lipinski definition) is 7. The number of imide groups is 1. The highest BCUT2D eigenvalue weighted by Crippen LogP contribution is 2.36. The SMILES string of the molecule is CC(=O)N[C@@H](CCC(=O)O)C(=O)N[C@H](C(=O)N[C@@H](C)C(=O)Nc1ccc(C(OC(=O)N(C)CC(=O)NCc2ccc3ccc4cccc5ccc2c3c45)C(=O)NCCCCCN2C(=O)C=CC2=O)cc1)C(C)C. The minimum atomic E-state index is -1.51. The Hall–Kier alpha value is -8.42. The number of anilines is 1. The maximum absolute atomic E-state index is 13.7. The van der Waals surface area contributed by atoms with E-state index in [-0.39, 0.29) is 49.1 Å². The van der Waals surface area contributed by atoms with E-state index in [1.807, 2.05) is 24.3 Å². The number of carbonyl (C=O) groups excluding carboxylic acids is 9. The number of carboxylic acids is 1. The number of carboxylic acid groups (broad SMARTS) is 1. The predicted molar refractivity (Wildman–Crippen MR) is 270 cm³/mol. The molecule has 0 saturated heterocycles. The van der Waals surface area contributed by atoms with Crippen molar-refractivity contribution in [3.05, 3.63) is 102 Å². The highest BCUT2D eigenvalue weighted by atomic mass is 16.6. The van der Waals surface area contributed by atoms with Crippen molar-refractivity contribution in [2.75, 3.05) is 32.0 Å². The molecule has 0 spiro atoms. The zero-order valence-electron chi connectivity index (χ0n) is 41.2. The summed E-state index contributed by atoms with van der Waals surface area (Å²) < 4.78 is 5.74. The third kappa shape index (κ3) is 14.1. The van der Waals surface area contributed by atoms with Crippen LogP contribution in [-0.4, -0.2) is 119 Å². The lowest BCUT2D eigenvalue weighted by Crippen LogP contribution is -2.57. The van der Waals surface area contributed by atoms with Gasteiger partial charge in [-0.3, -0.25) is 48.1 Å². The van der Waals surface area contributed by atoms with E-state index in [2.05, 4.69) is 62.2 Å². The first-order chi connectivity index (χ1) is 34.8. The van der Waals surface area contributed by atoms with Crippen LogP contribution in [0, 0.1) is 5.92 Å². The number of nitrogens with one attached hydrogen (secondary N) is 6. The van der Waals surface area contributed by atoms with Crippen molar-refractivity contribution in [1.29, 1.82) is 0 Å². The number of unbranched alkanes of at least 4 members (excludes halogenated alkanes) is 2. The fraction of sp³-hybridized carbons (Fsp3) is 0.358. The first-order valence-corrected chi connectivity index (χ1v) is 24.0. The Bertz CT molecular complexity index is 2900. The van der Waals surface area contributed by atoms with Crippen LogP contribution in [-0.2, 0) is 54.4 Å². The zero-order valence-corrected chi connectivity index (χ0v) is 41.2. The summed E-state index contributed by atoms with van der Waals surface area (Å²) in [4.78, 5) is 129. The molecule has 0 radical (unpaired) electrons. The highest BCUT2D eigenvalue weighted by molar-refractivity contribution is 6.23. The summed E-state index contributed by atoms with van der Waals surface area (Å²) in [7, 11) is 1.36. The summed E-state index contributed by atoms with van der Waals surface area (Å²) in [5.41, 5.74) is 1.35. The van der Waals surface area contributed by atoms with Crippen LogP contribution in [0.1, 0.15) is 77.0 Å². The summed E-state index contributed by atoms with van der Waals surface area (Å²) in [5.74, 6) is -6.28. The standard InChI is InChI=1S/C53H60N8O12/c1-30(2)47(59-50(69)40(57-32(4)62)22-25-44(66)67)51(70)56-31(3)49(68)58-38-19-16-36(17-20-38)48(52(71)54-26-7-6-8-27-61-42(64)23-24-43(61)65)73-53(72)60(5)29-41(63)55-28-37-15-14-35-13-12-33-10-9-11-34-18-21-39(37)46(35)45(33)34/h9-21,23-24,30-31,40,47-48H,6-8,22,25-29H2,1-5H3,(H,54,71)(H,55,63)(H,56,70)(H,57,62)(H,58,68)(H,59,69)(H,66,67)/t31-,40-,47-,48?/m0/s1. The van der Waals surface area contributed by atoms with Crippen molar-refractivity contribution >= 4 is 97.3 Å². The molecular formula is C53H60N8O12. The predicted octanol–water partition coefficient (Wildman–Crippen LogP) is 4.17. The zero-order chi connectivity index (χ0) is 52.9. The number of amides is 9. The van der Waals surface area contributed by atoms with Gasteiger partial charge in [-0.05, 0) is 88.5 Å².